The number of rotatable bonds is 5. The van der Waals surface area contributed by atoms with Crippen molar-refractivity contribution >= 4 is 17.1 Å². The zero-order valence-electron chi connectivity index (χ0n) is 11.7. The molecule has 0 bridgehead atoms. The fraction of sp³-hybridized carbons (Fsp3) is 0.375. The van der Waals surface area contributed by atoms with Crippen molar-refractivity contribution in [1.29, 1.82) is 0 Å². The predicted octanol–water partition coefficient (Wildman–Crippen LogP) is 4.14. The van der Waals surface area contributed by atoms with E-state index >= 15 is 0 Å². The summed E-state index contributed by atoms with van der Waals surface area (Å²) in [6.45, 7) is 6.20. The predicted molar refractivity (Wildman–Crippen MR) is 80.1 cm³/mol. The van der Waals surface area contributed by atoms with E-state index in [9.17, 15) is 4.79 Å². The smallest absolute Gasteiger partial charge is 0.163 e. The van der Waals surface area contributed by atoms with Gasteiger partial charge in [-0.2, -0.15) is 0 Å². The van der Waals surface area contributed by atoms with Crippen LogP contribution in [0.4, 0.5) is 0 Å². The summed E-state index contributed by atoms with van der Waals surface area (Å²) < 4.78 is 0. The summed E-state index contributed by atoms with van der Waals surface area (Å²) in [4.78, 5) is 17.8. The lowest BCUT2D eigenvalue weighted by Crippen LogP contribution is -2.01. The average Bonchev–Trinajstić information content (AvgIpc) is 2.75. The molecule has 0 aliphatic carbocycles. The Kier molecular flexibility index (Phi) is 4.48. The number of hydrogen-bond donors (Lipinski definition) is 0. The minimum absolute atomic E-state index is 0.202. The molecule has 0 N–H and O–H groups in total. The van der Waals surface area contributed by atoms with Crippen LogP contribution in [0.2, 0.25) is 0 Å². The van der Waals surface area contributed by atoms with Crippen LogP contribution in [0, 0.1) is 13.8 Å². The van der Waals surface area contributed by atoms with Gasteiger partial charge in [0.25, 0.3) is 0 Å². The zero-order valence-corrected chi connectivity index (χ0v) is 12.5. The van der Waals surface area contributed by atoms with Crippen molar-refractivity contribution in [2.45, 2.75) is 40.0 Å². The molecule has 1 heterocycles. The molecule has 0 saturated carbocycles. The van der Waals surface area contributed by atoms with Gasteiger partial charge in [0.05, 0.1) is 10.7 Å². The molecular formula is C16H19NOS. The highest BCUT2D eigenvalue weighted by Crippen LogP contribution is 2.18. The quantitative estimate of drug-likeness (QED) is 0.766. The number of carbonyl (C=O) groups excluding carboxylic acids is 1. The number of Topliss-reactive ketones (excluding diaryl/α,β-unsaturated/α-hetero) is 1. The molecule has 1 aromatic heterocycles. The van der Waals surface area contributed by atoms with E-state index in [0.29, 0.717) is 6.42 Å². The first-order chi connectivity index (χ1) is 9.10. The van der Waals surface area contributed by atoms with Gasteiger partial charge in [0.2, 0.25) is 0 Å². The largest absolute Gasteiger partial charge is 0.294 e. The first-order valence-electron chi connectivity index (χ1n) is 6.65. The van der Waals surface area contributed by atoms with Gasteiger partial charge in [-0.15, -0.1) is 11.3 Å². The summed E-state index contributed by atoms with van der Waals surface area (Å²) in [6.07, 6.45) is 2.29. The van der Waals surface area contributed by atoms with Crippen molar-refractivity contribution in [2.24, 2.45) is 0 Å². The van der Waals surface area contributed by atoms with Crippen LogP contribution in [-0.4, -0.2) is 10.8 Å². The number of ketones is 1. The van der Waals surface area contributed by atoms with Gasteiger partial charge in [0, 0.05) is 23.3 Å². The molecular weight excluding hydrogens is 254 g/mol. The Morgan fingerprint density at radius 3 is 2.42 bits per heavy atom. The van der Waals surface area contributed by atoms with Crippen molar-refractivity contribution < 1.29 is 4.79 Å². The molecule has 1 aromatic carbocycles. The number of hydrogen-bond acceptors (Lipinski definition) is 3. The topological polar surface area (TPSA) is 30.0 Å². The van der Waals surface area contributed by atoms with Crippen molar-refractivity contribution in [1.82, 2.24) is 4.98 Å². The van der Waals surface area contributed by atoms with Crippen LogP contribution in [0.1, 0.15) is 44.8 Å². The van der Waals surface area contributed by atoms with Crippen LogP contribution in [0.3, 0.4) is 0 Å². The van der Waals surface area contributed by atoms with Crippen molar-refractivity contribution in [3.63, 3.8) is 0 Å². The summed E-state index contributed by atoms with van der Waals surface area (Å²) in [7, 11) is 0. The lowest BCUT2D eigenvalue weighted by Gasteiger charge is -2.01. The Hall–Kier alpha value is -1.48. The number of benzene rings is 1. The first kappa shape index (κ1) is 13.9. The fourth-order valence-electron chi connectivity index (χ4n) is 1.94. The summed E-state index contributed by atoms with van der Waals surface area (Å²) in [5.74, 6) is 0.202. The highest BCUT2D eigenvalue weighted by molar-refractivity contribution is 7.11. The Bertz CT molecular complexity index is 549. The molecule has 0 aliphatic rings. The molecule has 19 heavy (non-hydrogen) atoms. The number of thiazole rings is 1. The molecule has 3 heteroatoms. The first-order valence-corrected chi connectivity index (χ1v) is 7.47. The normalized spacial score (nSPS) is 10.7. The van der Waals surface area contributed by atoms with Crippen molar-refractivity contribution in [3.05, 3.63) is 51.0 Å². The third kappa shape index (κ3) is 3.51. The molecule has 100 valence electrons. The Labute approximate surface area is 118 Å². The summed E-state index contributed by atoms with van der Waals surface area (Å²) in [6, 6.07) is 7.93. The van der Waals surface area contributed by atoms with Crippen molar-refractivity contribution in [2.75, 3.05) is 0 Å². The van der Waals surface area contributed by atoms with Crippen LogP contribution in [0.5, 0.6) is 0 Å². The Morgan fingerprint density at radius 1 is 1.21 bits per heavy atom. The zero-order chi connectivity index (χ0) is 13.8. The van der Waals surface area contributed by atoms with E-state index < -0.39 is 0 Å². The Balaban J connectivity index is 1.96. The molecule has 0 aliphatic heterocycles. The van der Waals surface area contributed by atoms with Gasteiger partial charge < -0.3 is 0 Å². The molecule has 0 radical (unpaired) electrons. The highest BCUT2D eigenvalue weighted by atomic mass is 32.1. The van der Waals surface area contributed by atoms with Gasteiger partial charge in [-0.1, -0.05) is 31.2 Å². The number of aromatic nitrogens is 1. The molecule has 0 saturated heterocycles. The van der Waals surface area contributed by atoms with E-state index in [1.165, 1.54) is 10.4 Å². The van der Waals surface area contributed by atoms with Crippen LogP contribution in [-0.2, 0) is 12.8 Å². The lowest BCUT2D eigenvalue weighted by molar-refractivity contribution is 0.0983. The second-order valence-electron chi connectivity index (χ2n) is 4.72. The fourth-order valence-corrected chi connectivity index (χ4v) is 2.87. The maximum atomic E-state index is 12.1. The van der Waals surface area contributed by atoms with E-state index in [2.05, 4.69) is 18.8 Å². The summed E-state index contributed by atoms with van der Waals surface area (Å²) in [5, 5.41) is 1.06. The SMILES string of the molecule is CCc1ccc(C(=O)CCc2nc(C)c(C)s2)cc1. The minimum atomic E-state index is 0.202. The van der Waals surface area contributed by atoms with Gasteiger partial charge in [-0.05, 0) is 25.8 Å². The van der Waals surface area contributed by atoms with Gasteiger partial charge in [-0.25, -0.2) is 4.98 Å². The number of aryl methyl sites for hydroxylation is 4. The van der Waals surface area contributed by atoms with E-state index in [1.807, 2.05) is 31.2 Å². The van der Waals surface area contributed by atoms with Gasteiger partial charge >= 0.3 is 0 Å². The van der Waals surface area contributed by atoms with E-state index in [4.69, 9.17) is 0 Å². The van der Waals surface area contributed by atoms with E-state index in [1.54, 1.807) is 11.3 Å². The molecule has 0 spiro atoms. The molecule has 0 unspecified atom stereocenters. The van der Waals surface area contributed by atoms with Crippen LogP contribution >= 0.6 is 11.3 Å². The molecule has 2 nitrogen and oxygen atoms in total. The van der Waals surface area contributed by atoms with Gasteiger partial charge in [0.15, 0.2) is 5.78 Å². The molecule has 2 rings (SSSR count). The average molecular weight is 273 g/mol. The summed E-state index contributed by atoms with van der Waals surface area (Å²) in [5.41, 5.74) is 3.16. The van der Waals surface area contributed by atoms with Gasteiger partial charge in [-0.3, -0.25) is 4.79 Å². The third-order valence-corrected chi connectivity index (χ3v) is 4.46. The van der Waals surface area contributed by atoms with Crippen LogP contribution < -0.4 is 0 Å². The Morgan fingerprint density at radius 2 is 1.89 bits per heavy atom. The summed E-state index contributed by atoms with van der Waals surface area (Å²) >= 11 is 1.69. The molecule has 2 aromatic rings. The highest BCUT2D eigenvalue weighted by Gasteiger charge is 2.09. The second kappa shape index (κ2) is 6.11. The third-order valence-electron chi connectivity index (χ3n) is 3.32. The molecule has 0 atom stereocenters. The van der Waals surface area contributed by atoms with E-state index in [-0.39, 0.29) is 5.78 Å². The molecule has 0 amide bonds. The standard InChI is InChI=1S/C16H19NOS/c1-4-13-5-7-14(8-6-13)15(18)9-10-16-17-11(2)12(3)19-16/h5-8H,4,9-10H2,1-3H3. The monoisotopic (exact) mass is 273 g/mol. The number of carbonyl (C=O) groups is 1. The lowest BCUT2D eigenvalue weighted by atomic mass is 10.0. The second-order valence-corrected chi connectivity index (χ2v) is 6.01. The van der Waals surface area contributed by atoms with Crippen molar-refractivity contribution in [3.8, 4) is 0 Å². The van der Waals surface area contributed by atoms with E-state index in [0.717, 1.165) is 29.1 Å². The number of nitrogens with zero attached hydrogens (tertiary/aromatic N) is 1. The van der Waals surface area contributed by atoms with Gasteiger partial charge in [0.1, 0.15) is 0 Å². The molecule has 0 fully saturated rings. The maximum Gasteiger partial charge on any atom is 0.163 e. The maximum absolute atomic E-state index is 12.1. The van der Waals surface area contributed by atoms with Crippen LogP contribution in [0.25, 0.3) is 0 Å². The van der Waals surface area contributed by atoms with Crippen LogP contribution in [0.15, 0.2) is 24.3 Å². The minimum Gasteiger partial charge on any atom is -0.294 e.